The number of sulfonamides is 1. The second kappa shape index (κ2) is 5.20. The van der Waals surface area contributed by atoms with E-state index in [0.29, 0.717) is 18.6 Å². The zero-order valence-electron chi connectivity index (χ0n) is 11.1. The average molecular weight is 285 g/mol. The molecule has 1 aromatic rings. The molecule has 0 radical (unpaired) electrons. The van der Waals surface area contributed by atoms with E-state index in [0.717, 1.165) is 0 Å². The standard InChI is InChI=1S/C13H19NO4S/c1-10-5-3-4-6-12(10)19(16,17)14-9-13(15)7-8-18-11(13)2/h3-6,11,14-15H,7-9H2,1-2H3. The lowest BCUT2D eigenvalue weighted by molar-refractivity contribution is -0.0228. The summed E-state index contributed by atoms with van der Waals surface area (Å²) >= 11 is 0. The maximum Gasteiger partial charge on any atom is 0.240 e. The summed E-state index contributed by atoms with van der Waals surface area (Å²) < 4.78 is 32.1. The summed E-state index contributed by atoms with van der Waals surface area (Å²) in [6, 6.07) is 6.76. The van der Waals surface area contributed by atoms with Gasteiger partial charge in [-0.05, 0) is 25.5 Å². The number of hydrogen-bond donors (Lipinski definition) is 2. The minimum atomic E-state index is -3.61. The highest BCUT2D eigenvalue weighted by atomic mass is 32.2. The Morgan fingerprint density at radius 2 is 2.16 bits per heavy atom. The topological polar surface area (TPSA) is 75.6 Å². The van der Waals surface area contributed by atoms with Gasteiger partial charge in [0.1, 0.15) is 5.60 Å². The third-order valence-electron chi connectivity index (χ3n) is 3.61. The minimum Gasteiger partial charge on any atom is -0.386 e. The van der Waals surface area contributed by atoms with Gasteiger partial charge in [0.25, 0.3) is 0 Å². The van der Waals surface area contributed by atoms with Crippen LogP contribution < -0.4 is 4.72 Å². The molecule has 0 saturated carbocycles. The van der Waals surface area contributed by atoms with Crippen LogP contribution in [-0.2, 0) is 14.8 Å². The molecule has 0 amide bonds. The highest BCUT2D eigenvalue weighted by molar-refractivity contribution is 7.89. The van der Waals surface area contributed by atoms with Crippen molar-refractivity contribution in [2.75, 3.05) is 13.2 Å². The van der Waals surface area contributed by atoms with Crippen LogP contribution in [0.3, 0.4) is 0 Å². The fourth-order valence-electron chi connectivity index (χ4n) is 2.16. The van der Waals surface area contributed by atoms with Gasteiger partial charge in [0.05, 0.1) is 11.0 Å². The first kappa shape index (κ1) is 14.5. The molecule has 0 aliphatic carbocycles. The zero-order valence-corrected chi connectivity index (χ0v) is 11.9. The summed E-state index contributed by atoms with van der Waals surface area (Å²) in [5.74, 6) is 0. The van der Waals surface area contributed by atoms with Crippen molar-refractivity contribution in [3.05, 3.63) is 29.8 Å². The van der Waals surface area contributed by atoms with Crippen molar-refractivity contribution in [1.82, 2.24) is 4.72 Å². The largest absolute Gasteiger partial charge is 0.386 e. The fourth-order valence-corrected chi connectivity index (χ4v) is 3.50. The first-order chi connectivity index (χ1) is 8.85. The highest BCUT2D eigenvalue weighted by Crippen LogP contribution is 2.25. The number of ether oxygens (including phenoxy) is 1. The van der Waals surface area contributed by atoms with E-state index in [1.807, 2.05) is 0 Å². The molecule has 2 rings (SSSR count). The van der Waals surface area contributed by atoms with Crippen LogP contribution >= 0.6 is 0 Å². The molecule has 1 saturated heterocycles. The van der Waals surface area contributed by atoms with Crippen molar-refractivity contribution in [1.29, 1.82) is 0 Å². The van der Waals surface area contributed by atoms with Crippen LogP contribution in [0.2, 0.25) is 0 Å². The summed E-state index contributed by atoms with van der Waals surface area (Å²) in [6.07, 6.45) is 0.0665. The molecular formula is C13H19NO4S. The summed E-state index contributed by atoms with van der Waals surface area (Å²) in [5, 5.41) is 10.3. The quantitative estimate of drug-likeness (QED) is 0.858. The third-order valence-corrected chi connectivity index (χ3v) is 5.17. The normalized spacial score (nSPS) is 27.6. The van der Waals surface area contributed by atoms with Gasteiger partial charge in [-0.1, -0.05) is 18.2 Å². The van der Waals surface area contributed by atoms with Gasteiger partial charge >= 0.3 is 0 Å². The Kier molecular flexibility index (Phi) is 3.96. The SMILES string of the molecule is Cc1ccccc1S(=O)(=O)NCC1(O)CCOC1C. The van der Waals surface area contributed by atoms with E-state index >= 15 is 0 Å². The Balaban J connectivity index is 2.13. The van der Waals surface area contributed by atoms with E-state index in [1.54, 1.807) is 38.1 Å². The molecule has 0 bridgehead atoms. The van der Waals surface area contributed by atoms with Crippen molar-refractivity contribution in [3.63, 3.8) is 0 Å². The first-order valence-corrected chi connectivity index (χ1v) is 7.73. The third kappa shape index (κ3) is 2.97. The van der Waals surface area contributed by atoms with Crippen molar-refractivity contribution >= 4 is 10.0 Å². The fraction of sp³-hybridized carbons (Fsp3) is 0.538. The van der Waals surface area contributed by atoms with Crippen molar-refractivity contribution in [2.24, 2.45) is 0 Å². The Hall–Kier alpha value is -0.950. The van der Waals surface area contributed by atoms with Crippen LogP contribution in [0.15, 0.2) is 29.2 Å². The molecule has 6 heteroatoms. The molecule has 5 nitrogen and oxygen atoms in total. The van der Waals surface area contributed by atoms with Crippen LogP contribution in [0.25, 0.3) is 0 Å². The van der Waals surface area contributed by atoms with E-state index in [-0.39, 0.29) is 17.5 Å². The maximum absolute atomic E-state index is 12.2. The van der Waals surface area contributed by atoms with Crippen molar-refractivity contribution < 1.29 is 18.3 Å². The highest BCUT2D eigenvalue weighted by Gasteiger charge is 2.40. The van der Waals surface area contributed by atoms with E-state index in [1.165, 1.54) is 0 Å². The molecule has 1 aliphatic rings. The summed E-state index contributed by atoms with van der Waals surface area (Å²) in [6.45, 7) is 3.90. The summed E-state index contributed by atoms with van der Waals surface area (Å²) in [5.41, 5.74) is -0.451. The Labute approximate surface area is 113 Å². The van der Waals surface area contributed by atoms with E-state index in [2.05, 4.69) is 4.72 Å². The van der Waals surface area contributed by atoms with Gasteiger partial charge < -0.3 is 9.84 Å². The predicted octanol–water partition coefficient (Wildman–Crippen LogP) is 0.813. The number of nitrogens with one attached hydrogen (secondary N) is 1. The van der Waals surface area contributed by atoms with Crippen molar-refractivity contribution in [3.8, 4) is 0 Å². The zero-order chi connectivity index (χ0) is 14.1. The lowest BCUT2D eigenvalue weighted by atomic mass is 9.97. The lowest BCUT2D eigenvalue weighted by Crippen LogP contribution is -2.47. The molecular weight excluding hydrogens is 266 g/mol. The minimum absolute atomic E-state index is 0.0369. The molecule has 1 fully saturated rings. The Bertz CT molecular complexity index is 558. The molecule has 2 unspecified atom stereocenters. The molecule has 106 valence electrons. The van der Waals surface area contributed by atoms with Crippen LogP contribution in [0.4, 0.5) is 0 Å². The summed E-state index contributed by atoms with van der Waals surface area (Å²) in [4.78, 5) is 0.241. The monoisotopic (exact) mass is 285 g/mol. The maximum atomic E-state index is 12.2. The number of benzene rings is 1. The van der Waals surface area contributed by atoms with Gasteiger partial charge in [-0.25, -0.2) is 13.1 Å². The molecule has 2 atom stereocenters. The van der Waals surface area contributed by atoms with Gasteiger partial charge in [0.2, 0.25) is 10.0 Å². The summed E-state index contributed by atoms with van der Waals surface area (Å²) in [7, 11) is -3.61. The molecule has 1 aliphatic heterocycles. The molecule has 1 aromatic carbocycles. The average Bonchev–Trinajstić information content (AvgIpc) is 2.68. The van der Waals surface area contributed by atoms with E-state index < -0.39 is 15.6 Å². The van der Waals surface area contributed by atoms with Gasteiger partial charge in [0.15, 0.2) is 0 Å². The molecule has 19 heavy (non-hydrogen) atoms. The Morgan fingerprint density at radius 3 is 2.74 bits per heavy atom. The molecule has 0 spiro atoms. The molecule has 1 heterocycles. The van der Waals surface area contributed by atoms with Gasteiger partial charge in [-0.3, -0.25) is 0 Å². The molecule has 0 aromatic heterocycles. The predicted molar refractivity (Wildman–Crippen MR) is 71.3 cm³/mol. The van der Waals surface area contributed by atoms with Gasteiger partial charge in [-0.15, -0.1) is 0 Å². The smallest absolute Gasteiger partial charge is 0.240 e. The number of rotatable bonds is 4. The number of aliphatic hydroxyl groups is 1. The van der Waals surface area contributed by atoms with Gasteiger partial charge in [-0.2, -0.15) is 0 Å². The van der Waals surface area contributed by atoms with Gasteiger partial charge in [0, 0.05) is 19.6 Å². The van der Waals surface area contributed by atoms with E-state index in [4.69, 9.17) is 4.74 Å². The van der Waals surface area contributed by atoms with Crippen LogP contribution in [0.5, 0.6) is 0 Å². The van der Waals surface area contributed by atoms with Crippen LogP contribution in [-0.4, -0.2) is 38.4 Å². The van der Waals surface area contributed by atoms with Crippen molar-refractivity contribution in [2.45, 2.75) is 36.9 Å². The number of aryl methyl sites for hydroxylation is 1. The second-order valence-corrected chi connectivity index (χ2v) is 6.69. The second-order valence-electron chi connectivity index (χ2n) is 4.96. The van der Waals surface area contributed by atoms with Crippen LogP contribution in [0.1, 0.15) is 18.9 Å². The van der Waals surface area contributed by atoms with E-state index in [9.17, 15) is 13.5 Å². The molecule has 2 N–H and O–H groups in total. The Morgan fingerprint density at radius 1 is 1.47 bits per heavy atom. The number of hydrogen-bond acceptors (Lipinski definition) is 4. The first-order valence-electron chi connectivity index (χ1n) is 6.24. The lowest BCUT2D eigenvalue weighted by Gasteiger charge is -2.26. The van der Waals surface area contributed by atoms with Crippen LogP contribution in [0, 0.1) is 6.92 Å².